The summed E-state index contributed by atoms with van der Waals surface area (Å²) in [4.78, 5) is 10.9. The first-order valence-electron chi connectivity index (χ1n) is 5.22. The predicted octanol–water partition coefficient (Wildman–Crippen LogP) is 1.42. The summed E-state index contributed by atoms with van der Waals surface area (Å²) in [6, 6.07) is 6.66. The van der Waals surface area contributed by atoms with Crippen molar-refractivity contribution in [2.45, 2.75) is 13.2 Å². The Morgan fingerprint density at radius 2 is 2.06 bits per heavy atom. The zero-order chi connectivity index (χ0) is 11.8. The van der Waals surface area contributed by atoms with Crippen molar-refractivity contribution in [1.82, 2.24) is 9.78 Å². The fraction of sp³-hybridized carbons (Fsp3) is 0.167. The molecule has 0 amide bonds. The van der Waals surface area contributed by atoms with E-state index in [4.69, 9.17) is 4.74 Å². The van der Waals surface area contributed by atoms with E-state index in [1.807, 2.05) is 0 Å². The Hall–Kier alpha value is -2.14. The van der Waals surface area contributed by atoms with E-state index in [9.17, 15) is 9.90 Å². The average Bonchev–Trinajstić information content (AvgIpc) is 2.91. The van der Waals surface area contributed by atoms with Gasteiger partial charge in [-0.3, -0.25) is 4.79 Å². The third-order valence-corrected chi connectivity index (χ3v) is 2.81. The van der Waals surface area contributed by atoms with Gasteiger partial charge < -0.3 is 9.84 Å². The van der Waals surface area contributed by atoms with Crippen LogP contribution in [0.1, 0.15) is 21.7 Å². The van der Waals surface area contributed by atoms with Crippen molar-refractivity contribution in [2.75, 3.05) is 0 Å². The molecule has 0 bridgehead atoms. The molecule has 3 rings (SSSR count). The van der Waals surface area contributed by atoms with Crippen LogP contribution in [0.15, 0.2) is 24.3 Å². The van der Waals surface area contributed by atoms with E-state index in [0.29, 0.717) is 18.9 Å². The van der Waals surface area contributed by atoms with E-state index < -0.39 is 0 Å². The summed E-state index contributed by atoms with van der Waals surface area (Å²) in [6.07, 6.45) is 0.741. The molecule has 0 saturated heterocycles. The highest BCUT2D eigenvalue weighted by Crippen LogP contribution is 2.25. The van der Waals surface area contributed by atoms with Crippen LogP contribution in [0.5, 0.6) is 5.75 Å². The average molecular weight is 230 g/mol. The maximum atomic E-state index is 10.9. The van der Waals surface area contributed by atoms with Crippen LogP contribution in [-0.2, 0) is 18.0 Å². The number of phenolic OH excluding ortho intramolecular Hbond substituents is 1. The first-order chi connectivity index (χ1) is 8.29. The van der Waals surface area contributed by atoms with Crippen LogP contribution in [0, 0.1) is 0 Å². The van der Waals surface area contributed by atoms with Crippen LogP contribution in [0.3, 0.4) is 0 Å². The van der Waals surface area contributed by atoms with Crippen LogP contribution in [0.2, 0.25) is 0 Å². The number of phenols is 1. The van der Waals surface area contributed by atoms with E-state index in [0.717, 1.165) is 23.2 Å². The predicted molar refractivity (Wildman–Crippen MR) is 59.1 cm³/mol. The molecule has 0 aliphatic carbocycles. The second kappa shape index (κ2) is 3.71. The highest BCUT2D eigenvalue weighted by atomic mass is 16.5. The van der Waals surface area contributed by atoms with Gasteiger partial charge in [-0.25, -0.2) is 4.68 Å². The van der Waals surface area contributed by atoms with E-state index in [-0.39, 0.29) is 5.75 Å². The number of nitrogens with zero attached hydrogens (tertiary/aromatic N) is 2. The van der Waals surface area contributed by atoms with E-state index >= 15 is 0 Å². The monoisotopic (exact) mass is 230 g/mol. The number of hydrogen-bond acceptors (Lipinski definition) is 4. The molecular formula is C12H10N2O3. The maximum absolute atomic E-state index is 10.9. The number of ether oxygens (including phenoxy) is 1. The number of aromatic nitrogens is 2. The molecule has 1 N–H and O–H groups in total. The lowest BCUT2D eigenvalue weighted by Gasteiger charge is -2.04. The van der Waals surface area contributed by atoms with Gasteiger partial charge in [0.25, 0.3) is 0 Å². The molecule has 1 aliphatic rings. The minimum absolute atomic E-state index is 0.199. The molecule has 0 unspecified atom stereocenters. The molecule has 5 heteroatoms. The standard InChI is InChI=1S/C12H10N2O3/c15-5-11-10-6-17-7-12(10)14(13-11)8-1-3-9(16)4-2-8/h1-5,16H,6-7H2. The fourth-order valence-electron chi connectivity index (χ4n) is 1.96. The van der Waals surface area contributed by atoms with Crippen molar-refractivity contribution >= 4 is 6.29 Å². The maximum Gasteiger partial charge on any atom is 0.170 e. The third-order valence-electron chi connectivity index (χ3n) is 2.81. The summed E-state index contributed by atoms with van der Waals surface area (Å²) in [7, 11) is 0. The van der Waals surface area contributed by atoms with Gasteiger partial charge in [0.05, 0.1) is 24.6 Å². The van der Waals surface area contributed by atoms with Gasteiger partial charge in [-0.15, -0.1) is 0 Å². The lowest BCUT2D eigenvalue weighted by molar-refractivity contribution is 0.110. The Labute approximate surface area is 97.3 Å². The highest BCUT2D eigenvalue weighted by molar-refractivity contribution is 5.75. The van der Waals surface area contributed by atoms with Gasteiger partial charge in [-0.1, -0.05) is 0 Å². The van der Waals surface area contributed by atoms with Crippen LogP contribution in [0.4, 0.5) is 0 Å². The van der Waals surface area contributed by atoms with E-state index in [2.05, 4.69) is 5.10 Å². The molecule has 0 fully saturated rings. The summed E-state index contributed by atoms with van der Waals surface area (Å²) in [5.74, 6) is 0.199. The number of carbonyl (C=O) groups excluding carboxylic acids is 1. The summed E-state index contributed by atoms with van der Waals surface area (Å²) < 4.78 is 7.00. The SMILES string of the molecule is O=Cc1nn(-c2ccc(O)cc2)c2c1COC2. The second-order valence-electron chi connectivity index (χ2n) is 3.85. The van der Waals surface area contributed by atoms with Crippen molar-refractivity contribution in [2.24, 2.45) is 0 Å². The Morgan fingerprint density at radius 3 is 2.76 bits per heavy atom. The number of fused-ring (bicyclic) bond motifs is 1. The number of aromatic hydroxyl groups is 1. The molecule has 0 spiro atoms. The molecule has 5 nitrogen and oxygen atoms in total. The number of aldehydes is 1. The smallest absolute Gasteiger partial charge is 0.170 e. The first kappa shape index (κ1) is 10.0. The molecule has 2 aromatic rings. The molecule has 86 valence electrons. The third kappa shape index (κ3) is 1.52. The molecule has 0 atom stereocenters. The normalized spacial score (nSPS) is 13.6. The molecule has 1 aromatic heterocycles. The number of carbonyl (C=O) groups is 1. The quantitative estimate of drug-likeness (QED) is 0.792. The lowest BCUT2D eigenvalue weighted by Crippen LogP contribution is -2.01. The fourth-order valence-corrected chi connectivity index (χ4v) is 1.96. The molecule has 1 aromatic carbocycles. The first-order valence-corrected chi connectivity index (χ1v) is 5.22. The van der Waals surface area contributed by atoms with Gasteiger partial charge >= 0.3 is 0 Å². The highest BCUT2D eigenvalue weighted by Gasteiger charge is 2.23. The Kier molecular flexibility index (Phi) is 2.19. The topological polar surface area (TPSA) is 64.4 Å². The molecular weight excluding hydrogens is 220 g/mol. The molecule has 2 heterocycles. The summed E-state index contributed by atoms with van der Waals surface area (Å²) >= 11 is 0. The minimum Gasteiger partial charge on any atom is -0.508 e. The van der Waals surface area contributed by atoms with Crippen LogP contribution < -0.4 is 0 Å². The summed E-state index contributed by atoms with van der Waals surface area (Å²) in [6.45, 7) is 0.887. The number of rotatable bonds is 2. The van der Waals surface area contributed by atoms with Gasteiger partial charge in [0.15, 0.2) is 6.29 Å². The zero-order valence-corrected chi connectivity index (χ0v) is 8.96. The molecule has 0 saturated carbocycles. The Bertz CT molecular complexity index is 572. The van der Waals surface area contributed by atoms with Gasteiger partial charge in [0.1, 0.15) is 11.4 Å². The molecule has 0 radical (unpaired) electrons. The van der Waals surface area contributed by atoms with Crippen LogP contribution in [-0.4, -0.2) is 21.2 Å². The largest absolute Gasteiger partial charge is 0.508 e. The van der Waals surface area contributed by atoms with Crippen molar-refractivity contribution < 1.29 is 14.6 Å². The van der Waals surface area contributed by atoms with Crippen molar-refractivity contribution in [3.8, 4) is 11.4 Å². The van der Waals surface area contributed by atoms with Gasteiger partial charge in [0.2, 0.25) is 0 Å². The van der Waals surface area contributed by atoms with Gasteiger partial charge in [-0.2, -0.15) is 5.10 Å². The Morgan fingerprint density at radius 1 is 1.29 bits per heavy atom. The van der Waals surface area contributed by atoms with E-state index in [1.54, 1.807) is 28.9 Å². The number of hydrogen-bond donors (Lipinski definition) is 1. The van der Waals surface area contributed by atoms with Crippen LogP contribution in [0.25, 0.3) is 5.69 Å². The summed E-state index contributed by atoms with van der Waals surface area (Å²) in [5.41, 5.74) is 2.98. The van der Waals surface area contributed by atoms with E-state index in [1.165, 1.54) is 0 Å². The second-order valence-corrected chi connectivity index (χ2v) is 3.85. The lowest BCUT2D eigenvalue weighted by atomic mass is 10.2. The number of benzene rings is 1. The minimum atomic E-state index is 0.199. The van der Waals surface area contributed by atoms with Crippen molar-refractivity contribution in [3.05, 3.63) is 41.2 Å². The van der Waals surface area contributed by atoms with Gasteiger partial charge in [-0.05, 0) is 24.3 Å². The van der Waals surface area contributed by atoms with Crippen molar-refractivity contribution in [1.29, 1.82) is 0 Å². The molecule has 1 aliphatic heterocycles. The van der Waals surface area contributed by atoms with Gasteiger partial charge in [0, 0.05) is 5.56 Å². The van der Waals surface area contributed by atoms with Crippen molar-refractivity contribution in [3.63, 3.8) is 0 Å². The zero-order valence-electron chi connectivity index (χ0n) is 8.96. The molecule has 17 heavy (non-hydrogen) atoms. The van der Waals surface area contributed by atoms with Crippen LogP contribution >= 0.6 is 0 Å². The summed E-state index contributed by atoms with van der Waals surface area (Å²) in [5, 5.41) is 13.5. The Balaban J connectivity index is 2.15.